The van der Waals surface area contributed by atoms with Gasteiger partial charge in [0, 0.05) is 11.8 Å². The molecule has 0 spiro atoms. The molecule has 5 nitrogen and oxygen atoms in total. The highest BCUT2D eigenvalue weighted by molar-refractivity contribution is 5.93. The average molecular weight is 199 g/mol. The maximum absolute atomic E-state index is 10.9. The number of pyridine rings is 1. The minimum atomic E-state index is -0.436. The molecular formula is C7H7ClN4O. The number of nitrogens with zero attached hydrogens (tertiary/aromatic N) is 2. The molecule has 13 heavy (non-hydrogen) atoms. The number of nitrogens with one attached hydrogen (secondary N) is 1. The molecule has 0 fully saturated rings. The lowest BCUT2D eigenvalue weighted by Crippen LogP contribution is -2.30. The van der Waals surface area contributed by atoms with Gasteiger partial charge in [-0.05, 0) is 12.1 Å². The minimum absolute atomic E-state index is 0. The third-order valence-corrected chi connectivity index (χ3v) is 1.27. The Labute approximate surface area is 80.9 Å². The van der Waals surface area contributed by atoms with E-state index < -0.39 is 5.91 Å². The molecule has 0 aliphatic heterocycles. The van der Waals surface area contributed by atoms with E-state index in [4.69, 9.17) is 11.1 Å². The molecule has 68 valence electrons. The van der Waals surface area contributed by atoms with Crippen molar-refractivity contribution < 1.29 is 4.79 Å². The number of nitrogens with two attached hydrogens (primary N) is 1. The van der Waals surface area contributed by atoms with Gasteiger partial charge >= 0.3 is 0 Å². The molecule has 0 atom stereocenters. The summed E-state index contributed by atoms with van der Waals surface area (Å²) in [6.07, 6.45) is 1.38. The summed E-state index contributed by atoms with van der Waals surface area (Å²) in [7, 11) is 0. The van der Waals surface area contributed by atoms with Gasteiger partial charge in [0.1, 0.15) is 11.8 Å². The van der Waals surface area contributed by atoms with Gasteiger partial charge in [-0.25, -0.2) is 10.8 Å². The number of aromatic nitrogens is 1. The zero-order chi connectivity index (χ0) is 8.97. The van der Waals surface area contributed by atoms with Crippen molar-refractivity contribution in [3.05, 3.63) is 29.6 Å². The highest BCUT2D eigenvalue weighted by Gasteiger charge is 2.03. The third-order valence-electron chi connectivity index (χ3n) is 1.27. The molecule has 0 saturated heterocycles. The smallest absolute Gasteiger partial charge is 0.265 e. The van der Waals surface area contributed by atoms with Gasteiger partial charge in [0.25, 0.3) is 5.91 Å². The van der Waals surface area contributed by atoms with Crippen LogP contribution in [0.15, 0.2) is 18.3 Å². The van der Waals surface area contributed by atoms with E-state index >= 15 is 0 Å². The summed E-state index contributed by atoms with van der Waals surface area (Å²) in [5, 5.41) is 8.44. The number of hydrogen-bond acceptors (Lipinski definition) is 4. The lowest BCUT2D eigenvalue weighted by atomic mass is 10.2. The van der Waals surface area contributed by atoms with Gasteiger partial charge in [-0.3, -0.25) is 10.2 Å². The van der Waals surface area contributed by atoms with Crippen LogP contribution in [0.1, 0.15) is 16.1 Å². The largest absolute Gasteiger partial charge is 0.290 e. The topological polar surface area (TPSA) is 91.8 Å². The molecule has 6 heteroatoms. The zero-order valence-electron chi connectivity index (χ0n) is 6.52. The van der Waals surface area contributed by atoms with Gasteiger partial charge in [0.15, 0.2) is 0 Å². The van der Waals surface area contributed by atoms with Crippen LogP contribution >= 0.6 is 12.4 Å². The van der Waals surface area contributed by atoms with Gasteiger partial charge < -0.3 is 0 Å². The highest BCUT2D eigenvalue weighted by atomic mass is 35.5. The summed E-state index contributed by atoms with van der Waals surface area (Å²) in [4.78, 5) is 14.6. The number of nitriles is 1. The van der Waals surface area contributed by atoms with Crippen molar-refractivity contribution in [3.8, 4) is 6.07 Å². The number of nitrogen functional groups attached to an aromatic ring is 1. The Morgan fingerprint density at radius 1 is 1.69 bits per heavy atom. The van der Waals surface area contributed by atoms with Crippen molar-refractivity contribution in [1.82, 2.24) is 10.4 Å². The molecule has 0 unspecified atom stereocenters. The summed E-state index contributed by atoms with van der Waals surface area (Å²) in [6.45, 7) is 0. The van der Waals surface area contributed by atoms with Crippen molar-refractivity contribution in [3.63, 3.8) is 0 Å². The minimum Gasteiger partial charge on any atom is -0.290 e. The molecule has 0 aliphatic carbocycles. The van der Waals surface area contributed by atoms with Crippen LogP contribution < -0.4 is 11.3 Å². The van der Waals surface area contributed by atoms with E-state index in [2.05, 4.69) is 4.98 Å². The summed E-state index contributed by atoms with van der Waals surface area (Å²) in [5.41, 5.74) is 2.47. The molecule has 0 saturated carbocycles. The second-order valence-corrected chi connectivity index (χ2v) is 2.02. The van der Waals surface area contributed by atoms with Gasteiger partial charge in [-0.2, -0.15) is 5.26 Å². The Bertz CT molecular complexity index is 347. The maximum Gasteiger partial charge on any atom is 0.265 e. The van der Waals surface area contributed by atoms with Gasteiger partial charge in [0.2, 0.25) is 0 Å². The molecule has 1 aromatic rings. The van der Waals surface area contributed by atoms with E-state index in [9.17, 15) is 4.79 Å². The molecule has 0 aliphatic rings. The molecule has 0 radical (unpaired) electrons. The number of hydrazine groups is 1. The van der Waals surface area contributed by atoms with Crippen LogP contribution in [0.5, 0.6) is 0 Å². The third kappa shape index (κ3) is 2.71. The molecule has 1 rings (SSSR count). The SMILES string of the molecule is Cl.N#Cc1cc(C(=O)NN)ccn1. The fourth-order valence-corrected chi connectivity index (χ4v) is 0.716. The predicted octanol–water partition coefficient (Wildman–Crippen LogP) is -0.0214. The number of amides is 1. The summed E-state index contributed by atoms with van der Waals surface area (Å²) < 4.78 is 0. The van der Waals surface area contributed by atoms with Gasteiger partial charge in [0.05, 0.1) is 0 Å². The summed E-state index contributed by atoms with van der Waals surface area (Å²) in [6, 6.07) is 4.65. The first kappa shape index (κ1) is 11.4. The van der Waals surface area contributed by atoms with Gasteiger partial charge in [-0.1, -0.05) is 0 Å². The fraction of sp³-hybridized carbons (Fsp3) is 0. The van der Waals surface area contributed by atoms with Crippen LogP contribution in [0.3, 0.4) is 0 Å². The number of rotatable bonds is 1. The Hall–Kier alpha value is -1.64. The first-order valence-corrected chi connectivity index (χ1v) is 3.15. The number of hydrogen-bond donors (Lipinski definition) is 2. The molecular weight excluding hydrogens is 192 g/mol. The van der Waals surface area contributed by atoms with Crippen molar-refractivity contribution in [1.29, 1.82) is 5.26 Å². The Balaban J connectivity index is 0.00000144. The van der Waals surface area contributed by atoms with Crippen molar-refractivity contribution in [2.45, 2.75) is 0 Å². The maximum atomic E-state index is 10.9. The zero-order valence-corrected chi connectivity index (χ0v) is 7.34. The van der Waals surface area contributed by atoms with Crippen LogP contribution in [0, 0.1) is 11.3 Å². The standard InChI is InChI=1S/C7H6N4O.ClH/c8-4-6-3-5(1-2-10-6)7(12)11-9;/h1-3H,9H2,(H,11,12);1H. The van der Waals surface area contributed by atoms with Crippen molar-refractivity contribution >= 4 is 18.3 Å². The molecule has 3 N–H and O–H groups in total. The lowest BCUT2D eigenvalue weighted by molar-refractivity contribution is 0.0953. The van der Waals surface area contributed by atoms with E-state index in [1.54, 1.807) is 0 Å². The molecule has 0 bridgehead atoms. The Morgan fingerprint density at radius 3 is 2.92 bits per heavy atom. The number of carbonyl (C=O) groups excluding carboxylic acids is 1. The molecule has 1 aromatic heterocycles. The van der Waals surface area contributed by atoms with Crippen LogP contribution in [-0.4, -0.2) is 10.9 Å². The number of carbonyl (C=O) groups is 1. The summed E-state index contributed by atoms with van der Waals surface area (Å²) in [5.74, 6) is 4.46. The molecule has 1 heterocycles. The monoisotopic (exact) mass is 198 g/mol. The predicted molar refractivity (Wildman–Crippen MR) is 47.9 cm³/mol. The van der Waals surface area contributed by atoms with E-state index in [0.29, 0.717) is 5.56 Å². The van der Waals surface area contributed by atoms with E-state index in [-0.39, 0.29) is 18.1 Å². The van der Waals surface area contributed by atoms with E-state index in [0.717, 1.165) is 0 Å². The van der Waals surface area contributed by atoms with Crippen LogP contribution in [0.4, 0.5) is 0 Å². The molecule has 0 aromatic carbocycles. The number of halogens is 1. The Kier molecular flexibility index (Phi) is 4.44. The quantitative estimate of drug-likeness (QED) is 0.377. The second-order valence-electron chi connectivity index (χ2n) is 2.02. The summed E-state index contributed by atoms with van der Waals surface area (Å²) >= 11 is 0. The molecule has 1 amide bonds. The Morgan fingerprint density at radius 2 is 2.38 bits per heavy atom. The first-order chi connectivity index (χ1) is 5.77. The average Bonchev–Trinajstić information content (AvgIpc) is 2.17. The lowest BCUT2D eigenvalue weighted by Gasteiger charge is -1.97. The van der Waals surface area contributed by atoms with Crippen molar-refractivity contribution in [2.75, 3.05) is 0 Å². The van der Waals surface area contributed by atoms with Crippen LogP contribution in [0.25, 0.3) is 0 Å². The van der Waals surface area contributed by atoms with E-state index in [1.165, 1.54) is 18.3 Å². The van der Waals surface area contributed by atoms with Crippen molar-refractivity contribution in [2.24, 2.45) is 5.84 Å². The van der Waals surface area contributed by atoms with Crippen LogP contribution in [-0.2, 0) is 0 Å². The van der Waals surface area contributed by atoms with Crippen LogP contribution in [0.2, 0.25) is 0 Å². The fourth-order valence-electron chi connectivity index (χ4n) is 0.716. The highest BCUT2D eigenvalue weighted by Crippen LogP contribution is 1.99. The second kappa shape index (κ2) is 5.09. The first-order valence-electron chi connectivity index (χ1n) is 3.15. The van der Waals surface area contributed by atoms with E-state index in [1.807, 2.05) is 11.5 Å². The normalized spacial score (nSPS) is 8.00. The van der Waals surface area contributed by atoms with Gasteiger partial charge in [-0.15, -0.1) is 12.4 Å².